The van der Waals surface area contributed by atoms with Gasteiger partial charge in [0.15, 0.2) is 6.61 Å². The first-order valence-electron chi connectivity index (χ1n) is 8.97. The number of halogens is 1. The predicted molar refractivity (Wildman–Crippen MR) is 119 cm³/mol. The van der Waals surface area contributed by atoms with Crippen LogP contribution >= 0.6 is 15.9 Å². The Morgan fingerprint density at radius 2 is 1.73 bits per heavy atom. The van der Waals surface area contributed by atoms with Crippen molar-refractivity contribution in [2.75, 3.05) is 16.6 Å². The molecule has 30 heavy (non-hydrogen) atoms. The van der Waals surface area contributed by atoms with Gasteiger partial charge in [-0.2, -0.15) is 0 Å². The number of aromatic nitrogens is 1. The van der Waals surface area contributed by atoms with Gasteiger partial charge in [-0.15, -0.1) is 0 Å². The Labute approximate surface area is 183 Å². The summed E-state index contributed by atoms with van der Waals surface area (Å²) in [7, 11) is -3.75. The molecular formula is C21H20BrN3O4S. The lowest BCUT2D eigenvalue weighted by molar-refractivity contribution is -0.118. The van der Waals surface area contributed by atoms with Crippen LogP contribution in [-0.2, 0) is 14.8 Å². The monoisotopic (exact) mass is 489 g/mol. The van der Waals surface area contributed by atoms with Crippen LogP contribution < -0.4 is 14.8 Å². The Morgan fingerprint density at radius 1 is 1.07 bits per heavy atom. The quantitative estimate of drug-likeness (QED) is 0.516. The molecule has 156 valence electrons. The van der Waals surface area contributed by atoms with Crippen LogP contribution in [0.15, 0.2) is 70.3 Å². The number of amides is 1. The second-order valence-electron chi connectivity index (χ2n) is 6.58. The molecule has 0 saturated carbocycles. The van der Waals surface area contributed by atoms with Crippen LogP contribution in [-0.4, -0.2) is 25.9 Å². The fraction of sp³-hybridized carbons (Fsp3) is 0.143. The number of aryl methyl sites for hydroxylation is 2. The second-order valence-corrected chi connectivity index (χ2v) is 9.05. The molecule has 0 bridgehead atoms. The van der Waals surface area contributed by atoms with Crippen molar-refractivity contribution in [3.63, 3.8) is 0 Å². The first-order valence-corrected chi connectivity index (χ1v) is 11.2. The minimum Gasteiger partial charge on any atom is -0.484 e. The number of benzene rings is 2. The van der Waals surface area contributed by atoms with Crippen molar-refractivity contribution in [1.29, 1.82) is 0 Å². The highest BCUT2D eigenvalue weighted by molar-refractivity contribution is 9.10. The second kappa shape index (κ2) is 9.27. The maximum Gasteiger partial charge on any atom is 0.262 e. The molecule has 2 aromatic carbocycles. The van der Waals surface area contributed by atoms with Crippen molar-refractivity contribution >= 4 is 43.2 Å². The smallest absolute Gasteiger partial charge is 0.262 e. The van der Waals surface area contributed by atoms with Gasteiger partial charge in [0.05, 0.1) is 16.8 Å². The Hall–Kier alpha value is -2.91. The average molecular weight is 490 g/mol. The lowest BCUT2D eigenvalue weighted by Crippen LogP contribution is -2.20. The van der Waals surface area contributed by atoms with Gasteiger partial charge in [-0.3, -0.25) is 14.5 Å². The number of hydrogen-bond donors (Lipinski definition) is 2. The zero-order valence-electron chi connectivity index (χ0n) is 16.3. The van der Waals surface area contributed by atoms with Crippen molar-refractivity contribution in [1.82, 2.24) is 4.98 Å². The molecule has 0 aliphatic carbocycles. The number of carbonyl (C=O) groups is 1. The van der Waals surface area contributed by atoms with E-state index in [0.29, 0.717) is 17.1 Å². The van der Waals surface area contributed by atoms with E-state index >= 15 is 0 Å². The van der Waals surface area contributed by atoms with Crippen molar-refractivity contribution in [2.45, 2.75) is 18.7 Å². The summed E-state index contributed by atoms with van der Waals surface area (Å²) in [4.78, 5) is 16.1. The molecule has 0 aliphatic rings. The predicted octanol–water partition coefficient (Wildman–Crippen LogP) is 4.28. The number of sulfonamides is 1. The molecular weight excluding hydrogens is 470 g/mol. The lowest BCUT2D eigenvalue weighted by atomic mass is 10.1. The maximum atomic E-state index is 12.4. The first kappa shape index (κ1) is 21.8. The van der Waals surface area contributed by atoms with E-state index in [4.69, 9.17) is 4.74 Å². The molecule has 0 unspecified atom stereocenters. The Morgan fingerprint density at radius 3 is 2.33 bits per heavy atom. The number of hydrogen-bond acceptors (Lipinski definition) is 5. The van der Waals surface area contributed by atoms with Gasteiger partial charge in [-0.25, -0.2) is 8.42 Å². The number of carbonyl (C=O) groups excluding carboxylic acids is 1. The number of ether oxygens (including phenoxy) is 1. The first-order chi connectivity index (χ1) is 14.2. The van der Waals surface area contributed by atoms with E-state index in [1.807, 2.05) is 26.0 Å². The van der Waals surface area contributed by atoms with Gasteiger partial charge in [0.1, 0.15) is 5.75 Å². The van der Waals surface area contributed by atoms with E-state index in [0.717, 1.165) is 15.6 Å². The fourth-order valence-corrected chi connectivity index (χ4v) is 3.96. The van der Waals surface area contributed by atoms with Gasteiger partial charge in [0, 0.05) is 16.4 Å². The largest absolute Gasteiger partial charge is 0.484 e. The summed E-state index contributed by atoms with van der Waals surface area (Å²) < 4.78 is 33.9. The summed E-state index contributed by atoms with van der Waals surface area (Å²) in [6, 6.07) is 12.8. The van der Waals surface area contributed by atoms with Crippen molar-refractivity contribution in [3.8, 4) is 5.75 Å². The average Bonchev–Trinajstić information content (AvgIpc) is 2.71. The third kappa shape index (κ3) is 5.58. The van der Waals surface area contributed by atoms with Crippen molar-refractivity contribution in [3.05, 3.63) is 76.5 Å². The molecule has 0 saturated heterocycles. The standard InChI is InChI=1S/C21H20BrN3O4S/c1-14-10-18(11-15(2)21(14)22)29-13-20(26)24-16-5-7-19(8-6-16)30(27,28)25-17-4-3-9-23-12-17/h3-12,25H,13H2,1-2H3,(H,24,26). The van der Waals surface area contributed by atoms with Crippen LogP contribution in [0, 0.1) is 13.8 Å². The molecule has 3 aromatic rings. The van der Waals surface area contributed by atoms with E-state index in [-0.39, 0.29) is 17.4 Å². The van der Waals surface area contributed by atoms with Crippen molar-refractivity contribution < 1.29 is 17.9 Å². The summed E-state index contributed by atoms with van der Waals surface area (Å²) in [6.45, 7) is 3.73. The van der Waals surface area contributed by atoms with Gasteiger partial charge in [0.2, 0.25) is 0 Å². The van der Waals surface area contributed by atoms with Gasteiger partial charge in [-0.05, 0) is 73.5 Å². The zero-order valence-corrected chi connectivity index (χ0v) is 18.7. The number of nitrogens with one attached hydrogen (secondary N) is 2. The maximum absolute atomic E-state index is 12.4. The molecule has 0 fully saturated rings. The minimum absolute atomic E-state index is 0.0708. The van der Waals surface area contributed by atoms with Crippen LogP contribution in [0.4, 0.5) is 11.4 Å². The van der Waals surface area contributed by atoms with Crippen LogP contribution in [0.5, 0.6) is 5.75 Å². The molecule has 1 aromatic heterocycles. The Kier molecular flexibility index (Phi) is 6.73. The lowest BCUT2D eigenvalue weighted by Gasteiger charge is -2.11. The van der Waals surface area contributed by atoms with Gasteiger partial charge in [-0.1, -0.05) is 15.9 Å². The summed E-state index contributed by atoms with van der Waals surface area (Å²) in [5.74, 6) is 0.253. The summed E-state index contributed by atoms with van der Waals surface area (Å²) in [5.41, 5.74) is 2.86. The van der Waals surface area contributed by atoms with E-state index in [1.54, 1.807) is 18.3 Å². The third-order valence-electron chi connectivity index (χ3n) is 4.14. The Balaban J connectivity index is 1.59. The highest BCUT2D eigenvalue weighted by Crippen LogP contribution is 2.26. The number of pyridine rings is 1. The van der Waals surface area contributed by atoms with E-state index < -0.39 is 10.0 Å². The van der Waals surface area contributed by atoms with Gasteiger partial charge in [0.25, 0.3) is 15.9 Å². The summed E-state index contributed by atoms with van der Waals surface area (Å²) >= 11 is 3.49. The molecule has 0 spiro atoms. The number of anilines is 2. The molecule has 3 rings (SSSR count). The molecule has 2 N–H and O–H groups in total. The van der Waals surface area contributed by atoms with Crippen molar-refractivity contribution in [2.24, 2.45) is 0 Å². The molecule has 0 aliphatic heterocycles. The molecule has 7 nitrogen and oxygen atoms in total. The van der Waals surface area contributed by atoms with E-state index in [1.165, 1.54) is 30.5 Å². The van der Waals surface area contributed by atoms with E-state index in [2.05, 4.69) is 31.0 Å². The zero-order chi connectivity index (χ0) is 21.7. The van der Waals surface area contributed by atoms with Gasteiger partial charge < -0.3 is 10.1 Å². The topological polar surface area (TPSA) is 97.4 Å². The molecule has 1 heterocycles. The number of rotatable bonds is 7. The SMILES string of the molecule is Cc1cc(OCC(=O)Nc2ccc(S(=O)(=O)Nc3cccnc3)cc2)cc(C)c1Br. The molecule has 0 atom stereocenters. The normalized spacial score (nSPS) is 11.0. The molecule has 0 radical (unpaired) electrons. The van der Waals surface area contributed by atoms with Crippen LogP contribution in [0.25, 0.3) is 0 Å². The summed E-state index contributed by atoms with van der Waals surface area (Å²) in [6.07, 6.45) is 2.97. The number of nitrogens with zero attached hydrogens (tertiary/aromatic N) is 1. The third-order valence-corrected chi connectivity index (χ3v) is 6.79. The van der Waals surface area contributed by atoms with E-state index in [9.17, 15) is 13.2 Å². The van der Waals surface area contributed by atoms with Crippen LogP contribution in [0.3, 0.4) is 0 Å². The van der Waals surface area contributed by atoms with Gasteiger partial charge >= 0.3 is 0 Å². The fourth-order valence-electron chi connectivity index (χ4n) is 2.69. The molecule has 9 heteroatoms. The van der Waals surface area contributed by atoms with Crippen LogP contribution in [0.2, 0.25) is 0 Å². The highest BCUT2D eigenvalue weighted by atomic mass is 79.9. The minimum atomic E-state index is -3.75. The molecule has 1 amide bonds. The highest BCUT2D eigenvalue weighted by Gasteiger charge is 2.14. The summed E-state index contributed by atoms with van der Waals surface area (Å²) in [5, 5.41) is 2.68. The Bertz CT molecular complexity index is 1130. The van der Waals surface area contributed by atoms with Crippen LogP contribution in [0.1, 0.15) is 11.1 Å².